The molecule has 1 aromatic heterocycles. The summed E-state index contributed by atoms with van der Waals surface area (Å²) in [6.45, 7) is 8.48. The molecule has 2 aromatic rings. The van der Waals surface area contributed by atoms with Gasteiger partial charge in [-0.3, -0.25) is 4.79 Å². The number of rotatable bonds is 5. The second-order valence-electron chi connectivity index (χ2n) is 8.47. The number of aromatic nitrogens is 2. The number of amides is 1. The van der Waals surface area contributed by atoms with Gasteiger partial charge in [0.05, 0.1) is 5.92 Å². The minimum atomic E-state index is -0.0524. The van der Waals surface area contributed by atoms with E-state index in [0.717, 1.165) is 56.3 Å². The Kier molecular flexibility index (Phi) is 6.50. The predicted molar refractivity (Wildman–Crippen MR) is 121 cm³/mol. The van der Waals surface area contributed by atoms with Gasteiger partial charge in [-0.15, -0.1) is 10.2 Å². The number of piperazine rings is 1. The molecule has 3 heterocycles. The first-order chi connectivity index (χ1) is 14.7. The zero-order chi connectivity index (χ0) is 20.9. The van der Waals surface area contributed by atoms with Crippen LogP contribution < -0.4 is 9.80 Å². The highest BCUT2D eigenvalue weighted by atomic mass is 16.2. The molecule has 0 radical (unpaired) electrons. The Bertz CT molecular complexity index is 817. The van der Waals surface area contributed by atoms with Gasteiger partial charge in [0.15, 0.2) is 11.6 Å². The third-order valence-corrected chi connectivity index (χ3v) is 6.56. The van der Waals surface area contributed by atoms with Gasteiger partial charge < -0.3 is 14.7 Å². The molecule has 2 aliphatic heterocycles. The zero-order valence-electron chi connectivity index (χ0n) is 18.2. The van der Waals surface area contributed by atoms with Crippen LogP contribution in [0.2, 0.25) is 0 Å². The van der Waals surface area contributed by atoms with Gasteiger partial charge in [0.25, 0.3) is 0 Å². The Morgan fingerprint density at radius 2 is 1.67 bits per heavy atom. The highest BCUT2D eigenvalue weighted by Crippen LogP contribution is 2.25. The van der Waals surface area contributed by atoms with Gasteiger partial charge in [-0.2, -0.15) is 0 Å². The molecule has 0 aliphatic carbocycles. The molecule has 4 rings (SSSR count). The lowest BCUT2D eigenvalue weighted by atomic mass is 9.95. The van der Waals surface area contributed by atoms with Crippen LogP contribution in [-0.2, 0) is 4.79 Å². The summed E-state index contributed by atoms with van der Waals surface area (Å²) in [6, 6.07) is 14.9. The van der Waals surface area contributed by atoms with Crippen molar-refractivity contribution in [3.05, 3.63) is 48.0 Å². The van der Waals surface area contributed by atoms with Crippen molar-refractivity contribution in [3.63, 3.8) is 0 Å². The van der Waals surface area contributed by atoms with Gasteiger partial charge in [0.2, 0.25) is 5.91 Å². The van der Waals surface area contributed by atoms with E-state index in [1.54, 1.807) is 0 Å². The van der Waals surface area contributed by atoms with Gasteiger partial charge >= 0.3 is 0 Å². The molecule has 0 bridgehead atoms. The third kappa shape index (κ3) is 4.42. The van der Waals surface area contributed by atoms with Gasteiger partial charge in [0.1, 0.15) is 0 Å². The molecule has 0 N–H and O–H groups in total. The number of carbonyl (C=O) groups is 1. The molecule has 1 aromatic carbocycles. The average Bonchev–Trinajstić information content (AvgIpc) is 2.81. The Balaban J connectivity index is 1.35. The van der Waals surface area contributed by atoms with Gasteiger partial charge in [-0.1, -0.05) is 37.3 Å². The largest absolute Gasteiger partial charge is 0.352 e. The molecule has 0 saturated carbocycles. The fraction of sp³-hybridized carbons (Fsp3) is 0.542. The van der Waals surface area contributed by atoms with Crippen molar-refractivity contribution in [1.29, 1.82) is 0 Å². The van der Waals surface area contributed by atoms with Crippen LogP contribution in [0.1, 0.15) is 51.0 Å². The van der Waals surface area contributed by atoms with E-state index in [2.05, 4.69) is 58.1 Å². The van der Waals surface area contributed by atoms with Crippen LogP contribution in [0.15, 0.2) is 42.5 Å². The molecule has 6 heteroatoms. The van der Waals surface area contributed by atoms with E-state index in [1.807, 2.05) is 23.1 Å². The zero-order valence-corrected chi connectivity index (χ0v) is 18.2. The van der Waals surface area contributed by atoms with Gasteiger partial charge in [-0.25, -0.2) is 0 Å². The molecule has 160 valence electrons. The van der Waals surface area contributed by atoms with Crippen LogP contribution in [0.5, 0.6) is 0 Å². The monoisotopic (exact) mass is 407 g/mol. The van der Waals surface area contributed by atoms with E-state index < -0.39 is 0 Å². The van der Waals surface area contributed by atoms with Crippen molar-refractivity contribution in [1.82, 2.24) is 15.1 Å². The lowest BCUT2D eigenvalue weighted by Gasteiger charge is -2.37. The number of carbonyl (C=O) groups excluding carboxylic acids is 1. The van der Waals surface area contributed by atoms with E-state index in [1.165, 1.54) is 19.3 Å². The number of piperidine rings is 1. The smallest absolute Gasteiger partial charge is 0.230 e. The molecule has 2 aliphatic rings. The summed E-state index contributed by atoms with van der Waals surface area (Å²) < 4.78 is 0. The van der Waals surface area contributed by atoms with E-state index in [0.29, 0.717) is 6.04 Å². The van der Waals surface area contributed by atoms with Crippen molar-refractivity contribution < 1.29 is 4.79 Å². The minimum absolute atomic E-state index is 0.0524. The van der Waals surface area contributed by atoms with Crippen molar-refractivity contribution in [2.24, 2.45) is 0 Å². The Hall–Kier alpha value is -2.63. The summed E-state index contributed by atoms with van der Waals surface area (Å²) in [5.41, 5.74) is 1.11. The second kappa shape index (κ2) is 9.45. The van der Waals surface area contributed by atoms with E-state index in [9.17, 15) is 4.79 Å². The Labute approximate surface area is 179 Å². The van der Waals surface area contributed by atoms with E-state index in [-0.39, 0.29) is 11.8 Å². The van der Waals surface area contributed by atoms with E-state index in [4.69, 9.17) is 0 Å². The summed E-state index contributed by atoms with van der Waals surface area (Å²) >= 11 is 0. The second-order valence-corrected chi connectivity index (χ2v) is 8.47. The lowest BCUT2D eigenvalue weighted by Crippen LogP contribution is -2.50. The SMILES string of the molecule is CCC(C(=O)N1CCN(c2ccc(N3CCCCC3C)nn2)CC1)c1ccccc1. The fourth-order valence-corrected chi connectivity index (χ4v) is 4.69. The summed E-state index contributed by atoms with van der Waals surface area (Å²) in [4.78, 5) is 19.7. The maximum Gasteiger partial charge on any atom is 0.230 e. The first-order valence-corrected chi connectivity index (χ1v) is 11.4. The number of hydrogen-bond donors (Lipinski definition) is 0. The fourth-order valence-electron chi connectivity index (χ4n) is 4.69. The van der Waals surface area contributed by atoms with Crippen LogP contribution in [0.25, 0.3) is 0 Å². The number of hydrogen-bond acceptors (Lipinski definition) is 5. The topological polar surface area (TPSA) is 52.6 Å². The number of anilines is 2. The first-order valence-electron chi connectivity index (χ1n) is 11.4. The summed E-state index contributed by atoms with van der Waals surface area (Å²) in [5, 5.41) is 9.03. The van der Waals surface area contributed by atoms with Crippen LogP contribution >= 0.6 is 0 Å². The van der Waals surface area contributed by atoms with Crippen LogP contribution in [0.4, 0.5) is 11.6 Å². The number of benzene rings is 1. The summed E-state index contributed by atoms with van der Waals surface area (Å²) in [7, 11) is 0. The van der Waals surface area contributed by atoms with Crippen molar-refractivity contribution in [2.75, 3.05) is 42.5 Å². The first kappa shape index (κ1) is 20.6. The predicted octanol–water partition coefficient (Wildman–Crippen LogP) is 3.70. The molecular weight excluding hydrogens is 374 g/mol. The maximum absolute atomic E-state index is 13.1. The average molecular weight is 408 g/mol. The summed E-state index contributed by atoms with van der Waals surface area (Å²) in [6.07, 6.45) is 4.58. The van der Waals surface area contributed by atoms with Crippen molar-refractivity contribution >= 4 is 17.5 Å². The molecule has 2 saturated heterocycles. The molecule has 1 amide bonds. The van der Waals surface area contributed by atoms with Crippen molar-refractivity contribution in [3.8, 4) is 0 Å². The maximum atomic E-state index is 13.1. The lowest BCUT2D eigenvalue weighted by molar-refractivity contribution is -0.133. The molecule has 6 nitrogen and oxygen atoms in total. The molecule has 2 fully saturated rings. The van der Waals surface area contributed by atoms with Crippen molar-refractivity contribution in [2.45, 2.75) is 51.5 Å². The molecule has 0 spiro atoms. The number of nitrogens with zero attached hydrogens (tertiary/aromatic N) is 5. The van der Waals surface area contributed by atoms with Gasteiger partial charge in [0, 0.05) is 38.8 Å². The van der Waals surface area contributed by atoms with Crippen LogP contribution in [-0.4, -0.2) is 59.8 Å². The quantitative estimate of drug-likeness (QED) is 0.756. The third-order valence-electron chi connectivity index (χ3n) is 6.56. The van der Waals surface area contributed by atoms with Crippen LogP contribution in [0.3, 0.4) is 0 Å². The van der Waals surface area contributed by atoms with Crippen LogP contribution in [0, 0.1) is 0 Å². The molecule has 2 unspecified atom stereocenters. The normalized spacial score (nSPS) is 20.9. The highest BCUT2D eigenvalue weighted by Gasteiger charge is 2.28. The van der Waals surface area contributed by atoms with Gasteiger partial charge in [-0.05, 0) is 50.3 Å². The highest BCUT2D eigenvalue weighted by molar-refractivity contribution is 5.84. The Morgan fingerprint density at radius 1 is 0.967 bits per heavy atom. The Morgan fingerprint density at radius 3 is 2.30 bits per heavy atom. The summed E-state index contributed by atoms with van der Waals surface area (Å²) in [5.74, 6) is 2.08. The molecular formula is C24H33N5O. The standard InChI is InChI=1S/C24H33N5O/c1-3-21(20-10-5-4-6-11-20)24(30)28-17-15-27(16-18-28)22-12-13-23(26-25-22)29-14-8-7-9-19(29)2/h4-6,10-13,19,21H,3,7-9,14-18H2,1-2H3. The molecule has 30 heavy (non-hydrogen) atoms. The molecule has 2 atom stereocenters. The minimum Gasteiger partial charge on any atom is -0.352 e. The van der Waals surface area contributed by atoms with E-state index >= 15 is 0 Å².